The molecule has 0 amide bonds. The van der Waals surface area contributed by atoms with Crippen molar-refractivity contribution in [3.05, 3.63) is 11.1 Å². The molecule has 3 nitrogen and oxygen atoms in total. The molecule has 0 bridgehead atoms. The molecule has 2 unspecified atom stereocenters. The van der Waals surface area contributed by atoms with Gasteiger partial charge in [-0.3, -0.25) is 0 Å². The summed E-state index contributed by atoms with van der Waals surface area (Å²) < 4.78 is 3.89. The van der Waals surface area contributed by atoms with Gasteiger partial charge in [-0.05, 0) is 30.9 Å². The average Bonchev–Trinajstić information content (AvgIpc) is 2.59. The summed E-state index contributed by atoms with van der Waals surface area (Å²) in [5.41, 5.74) is 0. The molecule has 1 N–H and O–H groups in total. The smallest absolute Gasteiger partial charge is 0.0669 e. The lowest BCUT2D eigenvalue weighted by molar-refractivity contribution is 0.388. The summed E-state index contributed by atoms with van der Waals surface area (Å²) in [6, 6.07) is 0.417. The summed E-state index contributed by atoms with van der Waals surface area (Å²) in [6.45, 7) is 4.48. The Hall–Kier alpha value is -0.480. The number of hydrogen-bond donors (Lipinski definition) is 1. The first-order valence-corrected chi connectivity index (χ1v) is 5.51. The van der Waals surface area contributed by atoms with E-state index in [1.807, 2.05) is 13.2 Å². The molecule has 0 aromatic carbocycles. The Balaban J connectivity index is 2.62. The van der Waals surface area contributed by atoms with E-state index in [1.54, 1.807) is 0 Å². The monoisotopic (exact) mass is 199 g/mol. The summed E-state index contributed by atoms with van der Waals surface area (Å²) in [5, 5.41) is 7.18. The first kappa shape index (κ1) is 10.6. The standard InChI is InChI=1S/C9H17N3S/c1-4-5-7(2)9(10-3)8-6-11-12-13-8/h6-7,9-10H,4-5H2,1-3H3. The average molecular weight is 199 g/mol. The SMILES string of the molecule is CCCC(C)C(NC)c1cnns1. The Bertz CT molecular complexity index is 223. The Morgan fingerprint density at radius 2 is 2.38 bits per heavy atom. The Morgan fingerprint density at radius 3 is 2.85 bits per heavy atom. The number of aromatic nitrogens is 2. The lowest BCUT2D eigenvalue weighted by Crippen LogP contribution is -2.22. The van der Waals surface area contributed by atoms with Crippen molar-refractivity contribution in [2.75, 3.05) is 7.05 Å². The number of rotatable bonds is 5. The molecular formula is C9H17N3S. The molecule has 0 spiro atoms. The number of hydrogen-bond acceptors (Lipinski definition) is 4. The summed E-state index contributed by atoms with van der Waals surface area (Å²) in [4.78, 5) is 1.24. The van der Waals surface area contributed by atoms with Crippen LogP contribution in [0.5, 0.6) is 0 Å². The van der Waals surface area contributed by atoms with E-state index < -0.39 is 0 Å². The molecule has 13 heavy (non-hydrogen) atoms. The van der Waals surface area contributed by atoms with Crippen LogP contribution in [0.4, 0.5) is 0 Å². The second-order valence-corrected chi connectivity index (χ2v) is 4.17. The molecule has 0 radical (unpaired) electrons. The van der Waals surface area contributed by atoms with Crippen molar-refractivity contribution >= 4 is 11.5 Å². The van der Waals surface area contributed by atoms with Gasteiger partial charge in [0, 0.05) is 6.04 Å². The van der Waals surface area contributed by atoms with Gasteiger partial charge in [-0.1, -0.05) is 24.8 Å². The third-order valence-electron chi connectivity index (χ3n) is 2.31. The van der Waals surface area contributed by atoms with Crippen molar-refractivity contribution in [2.45, 2.75) is 32.7 Å². The van der Waals surface area contributed by atoms with Crippen LogP contribution in [0.25, 0.3) is 0 Å². The van der Waals surface area contributed by atoms with Gasteiger partial charge in [-0.25, -0.2) is 0 Å². The minimum Gasteiger partial charge on any atom is -0.312 e. The quantitative estimate of drug-likeness (QED) is 0.790. The van der Waals surface area contributed by atoms with Crippen molar-refractivity contribution in [1.82, 2.24) is 14.9 Å². The first-order valence-electron chi connectivity index (χ1n) is 4.74. The fourth-order valence-electron chi connectivity index (χ4n) is 1.64. The molecule has 0 aliphatic rings. The molecule has 2 atom stereocenters. The third-order valence-corrected chi connectivity index (χ3v) is 3.06. The Labute approximate surface area is 83.7 Å². The summed E-state index contributed by atoms with van der Waals surface area (Å²) >= 11 is 1.49. The summed E-state index contributed by atoms with van der Waals surface area (Å²) in [6.07, 6.45) is 4.33. The maximum Gasteiger partial charge on any atom is 0.0669 e. The van der Waals surface area contributed by atoms with E-state index in [-0.39, 0.29) is 0 Å². The maximum absolute atomic E-state index is 3.89. The van der Waals surface area contributed by atoms with E-state index in [9.17, 15) is 0 Å². The lowest BCUT2D eigenvalue weighted by Gasteiger charge is -2.20. The van der Waals surface area contributed by atoms with Crippen LogP contribution in [-0.2, 0) is 0 Å². The zero-order valence-corrected chi connectivity index (χ0v) is 9.27. The normalized spacial score (nSPS) is 15.6. The van der Waals surface area contributed by atoms with Crippen LogP contribution in [0.3, 0.4) is 0 Å². The van der Waals surface area contributed by atoms with Gasteiger partial charge < -0.3 is 5.32 Å². The zero-order valence-electron chi connectivity index (χ0n) is 8.45. The Morgan fingerprint density at radius 1 is 1.62 bits per heavy atom. The van der Waals surface area contributed by atoms with Crippen LogP contribution in [0.15, 0.2) is 6.20 Å². The molecule has 1 aromatic rings. The van der Waals surface area contributed by atoms with E-state index in [1.165, 1.54) is 29.3 Å². The van der Waals surface area contributed by atoms with Crippen LogP contribution in [0.2, 0.25) is 0 Å². The Kier molecular flexibility index (Phi) is 4.32. The molecule has 0 aliphatic heterocycles. The van der Waals surface area contributed by atoms with E-state index in [0.717, 1.165) is 0 Å². The van der Waals surface area contributed by atoms with E-state index in [4.69, 9.17) is 0 Å². The topological polar surface area (TPSA) is 37.8 Å². The van der Waals surface area contributed by atoms with Gasteiger partial charge in [-0.2, -0.15) is 0 Å². The molecule has 0 fully saturated rings. The van der Waals surface area contributed by atoms with Crippen LogP contribution in [0.1, 0.15) is 37.6 Å². The van der Waals surface area contributed by atoms with Crippen LogP contribution in [-0.4, -0.2) is 16.6 Å². The molecule has 4 heteroatoms. The second-order valence-electron chi connectivity index (χ2n) is 3.35. The number of nitrogens with one attached hydrogen (secondary N) is 1. The predicted molar refractivity (Wildman–Crippen MR) is 55.8 cm³/mol. The van der Waals surface area contributed by atoms with Crippen LogP contribution < -0.4 is 5.32 Å². The van der Waals surface area contributed by atoms with Crippen LogP contribution in [0, 0.1) is 5.92 Å². The van der Waals surface area contributed by atoms with Crippen molar-refractivity contribution < 1.29 is 0 Å². The van der Waals surface area contributed by atoms with E-state index >= 15 is 0 Å². The van der Waals surface area contributed by atoms with E-state index in [2.05, 4.69) is 28.8 Å². The van der Waals surface area contributed by atoms with Gasteiger partial charge in [0.15, 0.2) is 0 Å². The van der Waals surface area contributed by atoms with Gasteiger partial charge in [0.2, 0.25) is 0 Å². The highest BCUT2D eigenvalue weighted by atomic mass is 32.1. The second kappa shape index (κ2) is 5.29. The fraction of sp³-hybridized carbons (Fsp3) is 0.778. The first-order chi connectivity index (χ1) is 6.29. The van der Waals surface area contributed by atoms with Gasteiger partial charge in [0.05, 0.1) is 11.1 Å². The maximum atomic E-state index is 3.89. The van der Waals surface area contributed by atoms with Gasteiger partial charge >= 0.3 is 0 Å². The molecule has 74 valence electrons. The minimum atomic E-state index is 0.417. The zero-order chi connectivity index (χ0) is 9.68. The molecule has 1 rings (SSSR count). The minimum absolute atomic E-state index is 0.417. The molecule has 1 aromatic heterocycles. The largest absolute Gasteiger partial charge is 0.312 e. The van der Waals surface area contributed by atoms with Gasteiger partial charge in [0.1, 0.15) is 0 Å². The van der Waals surface area contributed by atoms with Crippen molar-refractivity contribution in [3.63, 3.8) is 0 Å². The van der Waals surface area contributed by atoms with E-state index in [0.29, 0.717) is 12.0 Å². The van der Waals surface area contributed by atoms with Crippen molar-refractivity contribution in [3.8, 4) is 0 Å². The molecular weight excluding hydrogens is 182 g/mol. The molecule has 0 saturated carbocycles. The highest BCUT2D eigenvalue weighted by Gasteiger charge is 2.18. The highest BCUT2D eigenvalue weighted by molar-refractivity contribution is 7.05. The summed E-state index contributed by atoms with van der Waals surface area (Å²) in [5.74, 6) is 0.650. The van der Waals surface area contributed by atoms with Gasteiger partial charge in [-0.15, -0.1) is 5.10 Å². The van der Waals surface area contributed by atoms with Gasteiger partial charge in [0.25, 0.3) is 0 Å². The molecule has 1 heterocycles. The number of nitrogens with zero attached hydrogens (tertiary/aromatic N) is 2. The third kappa shape index (κ3) is 2.74. The fourth-order valence-corrected chi connectivity index (χ4v) is 2.39. The van der Waals surface area contributed by atoms with Crippen LogP contribution >= 0.6 is 11.5 Å². The van der Waals surface area contributed by atoms with Crippen molar-refractivity contribution in [2.24, 2.45) is 5.92 Å². The van der Waals surface area contributed by atoms with Crippen molar-refractivity contribution in [1.29, 1.82) is 0 Å². The lowest BCUT2D eigenvalue weighted by atomic mass is 9.96. The molecule has 0 aliphatic carbocycles. The summed E-state index contributed by atoms with van der Waals surface area (Å²) in [7, 11) is 2.00. The highest BCUT2D eigenvalue weighted by Crippen LogP contribution is 2.26. The molecule has 0 saturated heterocycles. The predicted octanol–water partition coefficient (Wildman–Crippen LogP) is 2.23.